The highest BCUT2D eigenvalue weighted by Crippen LogP contribution is 2.30. The van der Waals surface area contributed by atoms with E-state index in [9.17, 15) is 9.59 Å². The van der Waals surface area contributed by atoms with E-state index in [1.165, 1.54) is 6.07 Å². The smallest absolute Gasteiger partial charge is 0.312 e. The molecule has 5 N–H and O–H groups in total. The number of pyridine rings is 1. The molecule has 1 amide bonds. The number of amides is 1. The van der Waals surface area contributed by atoms with Crippen LogP contribution in [0.15, 0.2) is 46.6 Å². The molecule has 0 unspecified atom stereocenters. The largest absolute Gasteiger partial charge is 0.424 e. The molecule has 0 radical (unpaired) electrons. The number of para-hydroxylation sites is 1. The highest BCUT2D eigenvalue weighted by molar-refractivity contribution is 5.93. The summed E-state index contributed by atoms with van der Waals surface area (Å²) in [5, 5.41) is 10.7. The molecule has 29 heavy (non-hydrogen) atoms. The standard InChI is InChI=1S/C19H25N7O3/c1-12(20)19(28)23-16-9-8-14(18(21)22-16)25-24-13-6-4-5-7-15(13)29-17(27)10-11-26(2)3/h4-9,12H,10-11,20H2,1-3H3,(H3,21,22,23,28)/b25-24+/t12-/m0/s1. The number of azo groups is 1. The highest BCUT2D eigenvalue weighted by atomic mass is 16.5. The van der Waals surface area contributed by atoms with Crippen molar-refractivity contribution in [2.45, 2.75) is 19.4 Å². The first-order chi connectivity index (χ1) is 13.8. The van der Waals surface area contributed by atoms with Crippen LogP contribution in [0.2, 0.25) is 0 Å². The van der Waals surface area contributed by atoms with Gasteiger partial charge in [-0.2, -0.15) is 0 Å². The minimum atomic E-state index is -0.672. The Bertz CT molecular complexity index is 897. The second kappa shape index (κ2) is 10.2. The Kier molecular flexibility index (Phi) is 7.75. The van der Waals surface area contributed by atoms with Gasteiger partial charge in [0.25, 0.3) is 0 Å². The van der Waals surface area contributed by atoms with Gasteiger partial charge in [-0.25, -0.2) is 4.98 Å². The fourth-order valence-electron chi connectivity index (χ4n) is 2.08. The van der Waals surface area contributed by atoms with Gasteiger partial charge in [-0.3, -0.25) is 9.59 Å². The minimum absolute atomic E-state index is 0.0803. The van der Waals surface area contributed by atoms with Gasteiger partial charge in [0.2, 0.25) is 5.91 Å². The van der Waals surface area contributed by atoms with Gasteiger partial charge in [0.05, 0.1) is 12.5 Å². The van der Waals surface area contributed by atoms with Gasteiger partial charge in [0, 0.05) is 6.54 Å². The van der Waals surface area contributed by atoms with Gasteiger partial charge < -0.3 is 26.4 Å². The van der Waals surface area contributed by atoms with Crippen LogP contribution in [0, 0.1) is 0 Å². The predicted molar refractivity (Wildman–Crippen MR) is 110 cm³/mol. The number of carbonyl (C=O) groups excluding carboxylic acids is 2. The van der Waals surface area contributed by atoms with Crippen LogP contribution >= 0.6 is 0 Å². The average molecular weight is 399 g/mol. The van der Waals surface area contributed by atoms with Gasteiger partial charge in [-0.1, -0.05) is 12.1 Å². The summed E-state index contributed by atoms with van der Waals surface area (Å²) < 4.78 is 5.37. The van der Waals surface area contributed by atoms with Crippen LogP contribution in [0.4, 0.5) is 23.0 Å². The number of anilines is 2. The minimum Gasteiger partial charge on any atom is -0.424 e. The fraction of sp³-hybridized carbons (Fsp3) is 0.316. The zero-order valence-corrected chi connectivity index (χ0v) is 16.6. The van der Waals surface area contributed by atoms with Gasteiger partial charge >= 0.3 is 5.97 Å². The number of esters is 1. The second-order valence-electron chi connectivity index (χ2n) is 6.57. The number of benzene rings is 1. The van der Waals surface area contributed by atoms with Gasteiger partial charge in [0.15, 0.2) is 11.6 Å². The van der Waals surface area contributed by atoms with E-state index in [0.29, 0.717) is 23.7 Å². The molecule has 0 bridgehead atoms. The third-order valence-electron chi connectivity index (χ3n) is 3.68. The summed E-state index contributed by atoms with van der Waals surface area (Å²) in [4.78, 5) is 29.6. The zero-order chi connectivity index (χ0) is 21.4. The van der Waals surface area contributed by atoms with Gasteiger partial charge in [-0.15, -0.1) is 10.2 Å². The predicted octanol–water partition coefficient (Wildman–Crippen LogP) is 2.22. The quantitative estimate of drug-likeness (QED) is 0.350. The summed E-state index contributed by atoms with van der Waals surface area (Å²) in [6.45, 7) is 2.14. The number of nitrogen functional groups attached to an aromatic ring is 1. The molecule has 10 heteroatoms. The number of carbonyl (C=O) groups is 2. The van der Waals surface area contributed by atoms with E-state index in [0.717, 1.165) is 0 Å². The lowest BCUT2D eigenvalue weighted by atomic mass is 10.3. The third kappa shape index (κ3) is 6.94. The molecule has 1 aromatic carbocycles. The van der Waals surface area contributed by atoms with E-state index < -0.39 is 6.04 Å². The van der Waals surface area contributed by atoms with Crippen molar-refractivity contribution >= 4 is 34.9 Å². The number of rotatable bonds is 8. The van der Waals surface area contributed by atoms with E-state index >= 15 is 0 Å². The number of hydrogen-bond acceptors (Lipinski definition) is 9. The Hall–Kier alpha value is -3.37. The lowest BCUT2D eigenvalue weighted by molar-refractivity contribution is -0.134. The number of ether oxygens (including phenoxy) is 1. The Morgan fingerprint density at radius 1 is 1.17 bits per heavy atom. The van der Waals surface area contributed by atoms with E-state index in [2.05, 4.69) is 20.5 Å². The number of nitrogens with zero attached hydrogens (tertiary/aromatic N) is 4. The number of aromatic nitrogens is 1. The monoisotopic (exact) mass is 399 g/mol. The van der Waals surface area contributed by atoms with Crippen molar-refractivity contribution < 1.29 is 14.3 Å². The molecule has 10 nitrogen and oxygen atoms in total. The van der Waals surface area contributed by atoms with E-state index in [-0.39, 0.29) is 29.9 Å². The molecule has 1 heterocycles. The Morgan fingerprint density at radius 2 is 1.86 bits per heavy atom. The Balaban J connectivity index is 2.12. The second-order valence-corrected chi connectivity index (χ2v) is 6.57. The molecule has 0 aliphatic heterocycles. The van der Waals surface area contributed by atoms with Crippen molar-refractivity contribution in [1.29, 1.82) is 0 Å². The topological polar surface area (TPSA) is 148 Å². The molecule has 0 saturated carbocycles. The fourth-order valence-corrected chi connectivity index (χ4v) is 2.08. The summed E-state index contributed by atoms with van der Waals surface area (Å²) in [5.74, 6) is -0.101. The van der Waals surface area contributed by atoms with Crippen LogP contribution in [-0.4, -0.2) is 48.4 Å². The van der Waals surface area contributed by atoms with Crippen molar-refractivity contribution in [3.8, 4) is 5.75 Å². The van der Waals surface area contributed by atoms with Crippen LogP contribution in [-0.2, 0) is 9.59 Å². The molecule has 1 aromatic heterocycles. The van der Waals surface area contributed by atoms with Crippen molar-refractivity contribution in [1.82, 2.24) is 9.88 Å². The average Bonchev–Trinajstić information content (AvgIpc) is 2.66. The normalized spacial score (nSPS) is 12.2. The van der Waals surface area contributed by atoms with E-state index in [1.54, 1.807) is 37.3 Å². The maximum absolute atomic E-state index is 12.0. The first kappa shape index (κ1) is 21.9. The van der Waals surface area contributed by atoms with Crippen molar-refractivity contribution in [2.24, 2.45) is 16.0 Å². The van der Waals surface area contributed by atoms with Crippen molar-refractivity contribution in [3.63, 3.8) is 0 Å². The molecule has 2 rings (SSSR count). The summed E-state index contributed by atoms with van der Waals surface area (Å²) in [6.07, 6.45) is 0.254. The number of hydrogen-bond donors (Lipinski definition) is 3. The maximum Gasteiger partial charge on any atom is 0.312 e. The van der Waals surface area contributed by atoms with Gasteiger partial charge in [-0.05, 0) is 45.3 Å². The van der Waals surface area contributed by atoms with Crippen LogP contribution < -0.4 is 21.5 Å². The first-order valence-electron chi connectivity index (χ1n) is 8.95. The SMILES string of the molecule is C[C@H](N)C(=O)Nc1ccc(/N=N/c2ccccc2OC(=O)CCN(C)C)c(N)n1. The van der Waals surface area contributed by atoms with Crippen LogP contribution in [0.3, 0.4) is 0 Å². The maximum atomic E-state index is 12.0. The Labute approximate surface area is 169 Å². The molecule has 0 saturated heterocycles. The summed E-state index contributed by atoms with van der Waals surface area (Å²) in [5.41, 5.74) is 12.1. The molecule has 0 aliphatic carbocycles. The molecule has 0 fully saturated rings. The summed E-state index contributed by atoms with van der Waals surface area (Å²) in [6, 6.07) is 9.22. The third-order valence-corrected chi connectivity index (χ3v) is 3.68. The molecule has 1 atom stereocenters. The summed E-state index contributed by atoms with van der Waals surface area (Å²) >= 11 is 0. The summed E-state index contributed by atoms with van der Waals surface area (Å²) in [7, 11) is 3.75. The highest BCUT2D eigenvalue weighted by Gasteiger charge is 2.11. The first-order valence-corrected chi connectivity index (χ1v) is 8.95. The van der Waals surface area contributed by atoms with E-state index in [1.807, 2.05) is 19.0 Å². The van der Waals surface area contributed by atoms with Gasteiger partial charge in [0.1, 0.15) is 17.2 Å². The van der Waals surface area contributed by atoms with Crippen LogP contribution in [0.5, 0.6) is 5.75 Å². The number of nitrogens with one attached hydrogen (secondary N) is 1. The molecule has 154 valence electrons. The molecule has 2 aromatic rings. The van der Waals surface area contributed by atoms with Crippen molar-refractivity contribution in [3.05, 3.63) is 36.4 Å². The van der Waals surface area contributed by atoms with E-state index in [4.69, 9.17) is 16.2 Å². The number of nitrogens with two attached hydrogens (primary N) is 2. The van der Waals surface area contributed by atoms with Crippen LogP contribution in [0.25, 0.3) is 0 Å². The molecule has 0 aliphatic rings. The Morgan fingerprint density at radius 3 is 2.52 bits per heavy atom. The lowest BCUT2D eigenvalue weighted by Crippen LogP contribution is -2.32. The zero-order valence-electron chi connectivity index (χ0n) is 16.6. The van der Waals surface area contributed by atoms with Crippen molar-refractivity contribution in [2.75, 3.05) is 31.7 Å². The molecular weight excluding hydrogens is 374 g/mol. The van der Waals surface area contributed by atoms with Crippen LogP contribution in [0.1, 0.15) is 13.3 Å². The molecular formula is C19H25N7O3. The molecule has 0 spiro atoms. The lowest BCUT2D eigenvalue weighted by Gasteiger charge is -2.10.